The van der Waals surface area contributed by atoms with Crippen LogP contribution in [0.5, 0.6) is 5.75 Å². The summed E-state index contributed by atoms with van der Waals surface area (Å²) in [6, 6.07) is 7.34. The Labute approximate surface area is 131 Å². The molecular formula is C16H24N2O4. The average Bonchev–Trinajstić information content (AvgIpc) is 2.48. The van der Waals surface area contributed by atoms with Crippen LogP contribution in [0.3, 0.4) is 0 Å². The van der Waals surface area contributed by atoms with Crippen molar-refractivity contribution in [3.63, 3.8) is 0 Å². The van der Waals surface area contributed by atoms with Gasteiger partial charge in [-0.15, -0.1) is 0 Å². The molecule has 0 fully saturated rings. The molecule has 1 rings (SSSR count). The number of aryl methyl sites for hydroxylation is 1. The Morgan fingerprint density at radius 2 is 2.14 bits per heavy atom. The molecule has 0 aromatic heterocycles. The fraction of sp³-hybridized carbons (Fsp3) is 0.500. The average molecular weight is 308 g/mol. The number of hydrogen-bond donors (Lipinski definition) is 2. The van der Waals surface area contributed by atoms with Gasteiger partial charge in [-0.2, -0.15) is 0 Å². The molecule has 0 saturated heterocycles. The number of aliphatic carboxylic acids is 1. The first kappa shape index (κ1) is 18.0. The summed E-state index contributed by atoms with van der Waals surface area (Å²) in [6.45, 7) is 4.87. The summed E-state index contributed by atoms with van der Waals surface area (Å²) in [7, 11) is 1.73. The first-order chi connectivity index (χ1) is 10.4. The van der Waals surface area contributed by atoms with Gasteiger partial charge in [0.2, 0.25) is 5.91 Å². The lowest BCUT2D eigenvalue weighted by Crippen LogP contribution is -2.44. The molecule has 6 nitrogen and oxygen atoms in total. The number of benzene rings is 1. The number of rotatable bonds is 9. The predicted molar refractivity (Wildman–Crippen MR) is 84.0 cm³/mol. The topological polar surface area (TPSA) is 78.9 Å². The Kier molecular flexibility index (Phi) is 7.39. The van der Waals surface area contributed by atoms with Crippen LogP contribution in [-0.4, -0.2) is 54.7 Å². The summed E-state index contributed by atoms with van der Waals surface area (Å²) >= 11 is 0. The van der Waals surface area contributed by atoms with Crippen molar-refractivity contribution in [2.45, 2.75) is 26.3 Å². The highest BCUT2D eigenvalue weighted by Crippen LogP contribution is 2.11. The Morgan fingerprint density at radius 3 is 2.77 bits per heavy atom. The second-order valence-electron chi connectivity index (χ2n) is 5.26. The van der Waals surface area contributed by atoms with Gasteiger partial charge in [-0.05, 0) is 38.6 Å². The van der Waals surface area contributed by atoms with Crippen LogP contribution in [0.2, 0.25) is 0 Å². The van der Waals surface area contributed by atoms with Crippen molar-refractivity contribution in [1.82, 2.24) is 10.2 Å². The zero-order valence-electron chi connectivity index (χ0n) is 13.3. The van der Waals surface area contributed by atoms with Crippen molar-refractivity contribution in [3.8, 4) is 5.75 Å². The van der Waals surface area contributed by atoms with Crippen molar-refractivity contribution in [1.29, 1.82) is 0 Å². The lowest BCUT2D eigenvalue weighted by atomic mass is 10.2. The molecule has 2 N–H and O–H groups in total. The van der Waals surface area contributed by atoms with E-state index in [1.54, 1.807) is 18.9 Å². The van der Waals surface area contributed by atoms with Crippen molar-refractivity contribution >= 4 is 11.9 Å². The smallest absolute Gasteiger partial charge is 0.304 e. The second kappa shape index (κ2) is 9.04. The van der Waals surface area contributed by atoms with E-state index in [1.165, 1.54) is 0 Å². The van der Waals surface area contributed by atoms with Gasteiger partial charge in [0.25, 0.3) is 0 Å². The fourth-order valence-electron chi connectivity index (χ4n) is 1.86. The highest BCUT2D eigenvalue weighted by Gasteiger charge is 2.17. The van der Waals surface area contributed by atoms with E-state index in [9.17, 15) is 9.59 Å². The number of amides is 1. The van der Waals surface area contributed by atoms with Crippen LogP contribution in [-0.2, 0) is 9.59 Å². The molecule has 0 saturated carbocycles. The van der Waals surface area contributed by atoms with Crippen LogP contribution >= 0.6 is 0 Å². The first-order valence-corrected chi connectivity index (χ1v) is 7.29. The highest BCUT2D eigenvalue weighted by atomic mass is 16.5. The lowest BCUT2D eigenvalue weighted by Gasteiger charge is -2.23. The number of carbonyl (C=O) groups excluding carboxylic acids is 1. The molecule has 0 heterocycles. The quantitative estimate of drug-likeness (QED) is 0.672. The largest absolute Gasteiger partial charge is 0.492 e. The SMILES string of the molecule is Cc1cccc(OCCNC(=O)C(C)N(C)CCC(=O)O)c1. The molecule has 1 amide bonds. The third kappa shape index (κ3) is 6.58. The van der Waals surface area contributed by atoms with E-state index in [1.807, 2.05) is 31.2 Å². The van der Waals surface area contributed by atoms with E-state index in [2.05, 4.69) is 5.32 Å². The molecule has 0 aliphatic rings. The maximum absolute atomic E-state index is 11.9. The lowest BCUT2D eigenvalue weighted by molar-refractivity contribution is -0.138. The van der Waals surface area contributed by atoms with Crippen LogP contribution in [0.4, 0.5) is 0 Å². The minimum Gasteiger partial charge on any atom is -0.492 e. The van der Waals surface area contributed by atoms with Crippen molar-refractivity contribution < 1.29 is 19.4 Å². The zero-order valence-corrected chi connectivity index (χ0v) is 13.3. The van der Waals surface area contributed by atoms with Gasteiger partial charge in [-0.1, -0.05) is 12.1 Å². The number of nitrogens with one attached hydrogen (secondary N) is 1. The van der Waals surface area contributed by atoms with E-state index in [0.717, 1.165) is 11.3 Å². The number of carboxylic acid groups (broad SMARTS) is 1. The number of carbonyl (C=O) groups is 2. The van der Waals surface area contributed by atoms with Gasteiger partial charge in [0.1, 0.15) is 12.4 Å². The minimum atomic E-state index is -0.869. The predicted octanol–water partition coefficient (Wildman–Crippen LogP) is 1.29. The van der Waals surface area contributed by atoms with Crippen LogP contribution < -0.4 is 10.1 Å². The molecule has 1 aromatic rings. The Morgan fingerprint density at radius 1 is 1.41 bits per heavy atom. The minimum absolute atomic E-state index is 0.0184. The van der Waals surface area contributed by atoms with Gasteiger partial charge < -0.3 is 15.2 Å². The number of likely N-dealkylation sites (N-methyl/N-ethyl adjacent to an activating group) is 1. The summed E-state index contributed by atoms with van der Waals surface area (Å²) in [5.74, 6) is -0.229. The monoisotopic (exact) mass is 308 g/mol. The van der Waals surface area contributed by atoms with Crippen LogP contribution in [0.25, 0.3) is 0 Å². The molecule has 0 radical (unpaired) electrons. The van der Waals surface area contributed by atoms with Gasteiger partial charge in [-0.3, -0.25) is 14.5 Å². The number of ether oxygens (including phenoxy) is 1. The molecule has 122 valence electrons. The van der Waals surface area contributed by atoms with Crippen LogP contribution in [0.1, 0.15) is 18.9 Å². The zero-order chi connectivity index (χ0) is 16.5. The first-order valence-electron chi connectivity index (χ1n) is 7.29. The molecular weight excluding hydrogens is 284 g/mol. The Bertz CT molecular complexity index is 505. The number of hydrogen-bond acceptors (Lipinski definition) is 4. The Hall–Kier alpha value is -2.08. The molecule has 6 heteroatoms. The van der Waals surface area contributed by atoms with Crippen LogP contribution in [0, 0.1) is 6.92 Å². The van der Waals surface area contributed by atoms with Gasteiger partial charge in [0.15, 0.2) is 0 Å². The van der Waals surface area contributed by atoms with Crippen molar-refractivity contribution in [2.75, 3.05) is 26.7 Å². The standard InChI is InChI=1S/C16H24N2O4/c1-12-5-4-6-14(11-12)22-10-8-17-16(21)13(2)18(3)9-7-15(19)20/h4-6,11,13H,7-10H2,1-3H3,(H,17,21)(H,19,20). The van der Waals surface area contributed by atoms with Gasteiger partial charge in [-0.25, -0.2) is 0 Å². The van der Waals surface area contributed by atoms with Crippen molar-refractivity contribution in [2.24, 2.45) is 0 Å². The maximum atomic E-state index is 11.9. The number of nitrogens with zero attached hydrogens (tertiary/aromatic N) is 1. The Balaban J connectivity index is 2.26. The summed E-state index contributed by atoms with van der Waals surface area (Å²) in [4.78, 5) is 24.2. The third-order valence-electron chi connectivity index (χ3n) is 3.38. The molecule has 1 unspecified atom stereocenters. The third-order valence-corrected chi connectivity index (χ3v) is 3.38. The second-order valence-corrected chi connectivity index (χ2v) is 5.26. The van der Waals surface area contributed by atoms with Gasteiger partial charge in [0.05, 0.1) is 19.0 Å². The molecule has 0 aliphatic heterocycles. The highest BCUT2D eigenvalue weighted by molar-refractivity contribution is 5.81. The van der Waals surface area contributed by atoms with E-state index in [-0.39, 0.29) is 18.4 Å². The molecule has 1 aromatic carbocycles. The fourth-order valence-corrected chi connectivity index (χ4v) is 1.86. The summed E-state index contributed by atoms with van der Waals surface area (Å²) < 4.78 is 5.55. The molecule has 0 spiro atoms. The summed E-state index contributed by atoms with van der Waals surface area (Å²) in [5.41, 5.74) is 1.12. The van der Waals surface area contributed by atoms with Crippen molar-refractivity contribution in [3.05, 3.63) is 29.8 Å². The van der Waals surface area contributed by atoms with E-state index in [4.69, 9.17) is 9.84 Å². The van der Waals surface area contributed by atoms with E-state index < -0.39 is 5.97 Å². The van der Waals surface area contributed by atoms with Gasteiger partial charge >= 0.3 is 5.97 Å². The number of carboxylic acids is 1. The molecule has 1 atom stereocenters. The molecule has 22 heavy (non-hydrogen) atoms. The molecule has 0 aliphatic carbocycles. The van der Waals surface area contributed by atoms with Crippen LogP contribution in [0.15, 0.2) is 24.3 Å². The summed E-state index contributed by atoms with van der Waals surface area (Å²) in [5, 5.41) is 11.4. The van der Waals surface area contributed by atoms with E-state index in [0.29, 0.717) is 19.7 Å². The summed E-state index contributed by atoms with van der Waals surface area (Å²) in [6.07, 6.45) is 0.0184. The van der Waals surface area contributed by atoms with Gasteiger partial charge in [0, 0.05) is 6.54 Å². The van der Waals surface area contributed by atoms with E-state index >= 15 is 0 Å². The normalized spacial score (nSPS) is 12.0. The maximum Gasteiger partial charge on any atom is 0.304 e. The molecule has 0 bridgehead atoms.